The second-order valence-electron chi connectivity index (χ2n) is 7.23. The van der Waals surface area contributed by atoms with Crippen molar-refractivity contribution in [2.45, 2.75) is 24.2 Å². The first kappa shape index (κ1) is 17.6. The van der Waals surface area contributed by atoms with Crippen LogP contribution in [0.2, 0.25) is 0 Å². The van der Waals surface area contributed by atoms with Crippen LogP contribution in [0.15, 0.2) is 41.2 Å². The lowest BCUT2D eigenvalue weighted by molar-refractivity contribution is -0.258. The van der Waals surface area contributed by atoms with Gasteiger partial charge in [-0.05, 0) is 36.0 Å². The average molecular weight is 371 g/mol. The van der Waals surface area contributed by atoms with Gasteiger partial charge in [0.15, 0.2) is 17.3 Å². The first-order valence-corrected chi connectivity index (χ1v) is 8.38. The number of carbonyl (C=O) groups excluding carboxylic acids is 3. The molecule has 4 rings (SSSR count). The fourth-order valence-corrected chi connectivity index (χ4v) is 4.33. The van der Waals surface area contributed by atoms with E-state index in [0.717, 1.165) is 11.1 Å². The van der Waals surface area contributed by atoms with Gasteiger partial charge in [-0.1, -0.05) is 24.3 Å². The Labute approximate surface area is 153 Å². The van der Waals surface area contributed by atoms with Crippen LogP contribution >= 0.6 is 0 Å². The molecule has 0 bridgehead atoms. The van der Waals surface area contributed by atoms with Gasteiger partial charge in [-0.25, -0.2) is 0 Å². The number of Topliss-reactive ketones (excluding diaryl/α,β-unsaturated/α-hetero) is 2. The summed E-state index contributed by atoms with van der Waals surface area (Å²) in [5.41, 5.74) is 3.53. The van der Waals surface area contributed by atoms with Crippen LogP contribution in [0, 0.1) is 11.8 Å². The summed E-state index contributed by atoms with van der Waals surface area (Å²) in [6, 6.07) is 7.27. The van der Waals surface area contributed by atoms with Crippen LogP contribution in [-0.2, 0) is 20.8 Å². The highest BCUT2D eigenvalue weighted by Gasteiger charge is 2.68. The quantitative estimate of drug-likeness (QED) is 0.317. The molecule has 1 amide bonds. The van der Waals surface area contributed by atoms with E-state index in [-0.39, 0.29) is 12.0 Å². The molecule has 3 aliphatic rings. The zero-order valence-corrected chi connectivity index (χ0v) is 14.0. The van der Waals surface area contributed by atoms with E-state index in [9.17, 15) is 34.8 Å². The van der Waals surface area contributed by atoms with E-state index in [0.29, 0.717) is 6.42 Å². The predicted molar refractivity (Wildman–Crippen MR) is 90.7 cm³/mol. The molecule has 0 spiro atoms. The van der Waals surface area contributed by atoms with Gasteiger partial charge in [0.2, 0.25) is 11.7 Å². The van der Waals surface area contributed by atoms with Crippen LogP contribution in [0.1, 0.15) is 17.5 Å². The summed E-state index contributed by atoms with van der Waals surface area (Å²) < 4.78 is 0. The molecule has 1 aromatic rings. The molecular weight excluding hydrogens is 354 g/mol. The minimum atomic E-state index is -3.44. The lowest BCUT2D eigenvalue weighted by Gasteiger charge is -2.49. The molecule has 3 aliphatic carbocycles. The third kappa shape index (κ3) is 2.11. The van der Waals surface area contributed by atoms with Gasteiger partial charge in [-0.3, -0.25) is 14.4 Å². The van der Waals surface area contributed by atoms with Gasteiger partial charge < -0.3 is 26.2 Å². The Bertz CT molecular complexity index is 974. The van der Waals surface area contributed by atoms with Gasteiger partial charge in [-0.15, -0.1) is 0 Å². The largest absolute Gasteiger partial charge is 0.510 e. The van der Waals surface area contributed by atoms with Gasteiger partial charge in [0, 0.05) is 5.57 Å². The van der Waals surface area contributed by atoms with Crippen molar-refractivity contribution in [3.63, 3.8) is 0 Å². The molecule has 6 N–H and O–H groups in total. The highest BCUT2D eigenvalue weighted by atomic mass is 16.5. The standard InChI is InChI=1S/C19H17NO7/c20-17(24)12-15(22)13-14(21)11-6-9-4-2-1-3-8(9)5-10(11)7-18(13,25)19(26,27)16(12)23/h1-4,6,10,12,22,25-27H,5,7H2,(H2,20,24). The van der Waals surface area contributed by atoms with E-state index < -0.39 is 52.0 Å². The Morgan fingerprint density at radius 1 is 1.15 bits per heavy atom. The Morgan fingerprint density at radius 3 is 2.48 bits per heavy atom. The van der Waals surface area contributed by atoms with Crippen molar-refractivity contribution in [3.05, 3.63) is 52.3 Å². The molecule has 27 heavy (non-hydrogen) atoms. The van der Waals surface area contributed by atoms with E-state index in [2.05, 4.69) is 0 Å². The number of aliphatic hydroxyl groups excluding tert-OH is 1. The number of fused-ring (bicyclic) bond motifs is 3. The zero-order valence-electron chi connectivity index (χ0n) is 14.0. The van der Waals surface area contributed by atoms with E-state index >= 15 is 0 Å². The first-order chi connectivity index (χ1) is 12.6. The number of allylic oxidation sites excluding steroid dienone is 1. The molecule has 140 valence electrons. The van der Waals surface area contributed by atoms with Crippen molar-refractivity contribution in [2.75, 3.05) is 0 Å². The van der Waals surface area contributed by atoms with Crippen molar-refractivity contribution in [3.8, 4) is 0 Å². The van der Waals surface area contributed by atoms with E-state index in [1.165, 1.54) is 0 Å². The molecule has 8 heteroatoms. The number of ketones is 2. The molecule has 3 atom stereocenters. The minimum absolute atomic E-state index is 0.258. The van der Waals surface area contributed by atoms with Crippen molar-refractivity contribution in [2.24, 2.45) is 17.6 Å². The average Bonchev–Trinajstić information content (AvgIpc) is 2.59. The van der Waals surface area contributed by atoms with E-state index in [4.69, 9.17) is 5.73 Å². The third-order valence-corrected chi connectivity index (χ3v) is 5.71. The van der Waals surface area contributed by atoms with Crippen LogP contribution < -0.4 is 5.73 Å². The number of benzene rings is 1. The summed E-state index contributed by atoms with van der Waals surface area (Å²) in [5.74, 6) is -10.9. The number of hydrogen-bond acceptors (Lipinski definition) is 7. The Kier molecular flexibility index (Phi) is 3.49. The molecule has 1 fully saturated rings. The van der Waals surface area contributed by atoms with Gasteiger partial charge in [0.25, 0.3) is 5.79 Å². The first-order valence-electron chi connectivity index (χ1n) is 8.38. The number of amides is 1. The van der Waals surface area contributed by atoms with Crippen LogP contribution in [0.4, 0.5) is 0 Å². The summed E-state index contributed by atoms with van der Waals surface area (Å²) in [6.45, 7) is 0. The maximum absolute atomic E-state index is 13.1. The summed E-state index contributed by atoms with van der Waals surface area (Å²) in [5, 5.41) is 42.1. The number of carbonyl (C=O) groups is 3. The molecule has 8 nitrogen and oxygen atoms in total. The molecule has 3 unspecified atom stereocenters. The van der Waals surface area contributed by atoms with Crippen LogP contribution in [0.3, 0.4) is 0 Å². The Hall–Kier alpha value is -2.81. The second-order valence-corrected chi connectivity index (χ2v) is 7.23. The summed E-state index contributed by atoms with van der Waals surface area (Å²) >= 11 is 0. The number of nitrogens with two attached hydrogens (primary N) is 1. The number of aliphatic hydroxyl groups is 4. The lowest BCUT2D eigenvalue weighted by atomic mass is 9.59. The van der Waals surface area contributed by atoms with Crippen molar-refractivity contribution >= 4 is 23.5 Å². The Morgan fingerprint density at radius 2 is 1.81 bits per heavy atom. The minimum Gasteiger partial charge on any atom is -0.510 e. The third-order valence-electron chi connectivity index (χ3n) is 5.71. The van der Waals surface area contributed by atoms with Gasteiger partial charge in [-0.2, -0.15) is 0 Å². The highest BCUT2D eigenvalue weighted by molar-refractivity contribution is 6.19. The fourth-order valence-electron chi connectivity index (χ4n) is 4.33. The molecule has 0 heterocycles. The monoisotopic (exact) mass is 371 g/mol. The Balaban J connectivity index is 1.95. The topological polar surface area (TPSA) is 158 Å². The van der Waals surface area contributed by atoms with Crippen LogP contribution in [0.5, 0.6) is 0 Å². The molecule has 1 aromatic carbocycles. The lowest BCUT2D eigenvalue weighted by Crippen LogP contribution is -2.69. The van der Waals surface area contributed by atoms with Gasteiger partial charge >= 0.3 is 0 Å². The van der Waals surface area contributed by atoms with Crippen molar-refractivity contribution in [1.82, 2.24) is 0 Å². The number of rotatable bonds is 1. The smallest absolute Gasteiger partial charge is 0.259 e. The van der Waals surface area contributed by atoms with Gasteiger partial charge in [0.05, 0.1) is 5.57 Å². The molecule has 0 aliphatic heterocycles. The SMILES string of the molecule is NC(=O)C1C(=O)C(O)(O)C2(O)CC3Cc4ccccc4C=C3C(=O)C2=C1O. The maximum atomic E-state index is 13.1. The molecule has 1 saturated carbocycles. The fraction of sp³-hybridized carbons (Fsp3) is 0.316. The zero-order chi connectivity index (χ0) is 19.7. The predicted octanol–water partition coefficient (Wildman–Crippen LogP) is -0.877. The number of hydrogen-bond donors (Lipinski definition) is 5. The highest BCUT2D eigenvalue weighted by Crippen LogP contribution is 2.51. The van der Waals surface area contributed by atoms with Crippen molar-refractivity contribution in [1.29, 1.82) is 0 Å². The van der Waals surface area contributed by atoms with E-state index in [1.54, 1.807) is 18.2 Å². The maximum Gasteiger partial charge on any atom is 0.259 e. The summed E-state index contributed by atoms with van der Waals surface area (Å²) in [4.78, 5) is 37.0. The van der Waals surface area contributed by atoms with Crippen LogP contribution in [-0.4, -0.2) is 49.3 Å². The molecular formula is C19H17NO7. The molecule has 0 saturated heterocycles. The van der Waals surface area contributed by atoms with E-state index in [1.807, 2.05) is 12.1 Å². The normalized spacial score (nSPS) is 31.6. The van der Waals surface area contributed by atoms with Crippen LogP contribution in [0.25, 0.3) is 6.08 Å². The molecule has 0 aromatic heterocycles. The summed E-state index contributed by atoms with van der Waals surface area (Å²) in [7, 11) is 0. The van der Waals surface area contributed by atoms with Crippen molar-refractivity contribution < 1.29 is 34.8 Å². The second kappa shape index (κ2) is 5.35. The number of primary amides is 1. The molecule has 0 radical (unpaired) electrons. The van der Waals surface area contributed by atoms with Gasteiger partial charge in [0.1, 0.15) is 5.76 Å². The summed E-state index contributed by atoms with van der Waals surface area (Å²) in [6.07, 6.45) is 1.56.